The maximum Gasteiger partial charge on any atom is 0.341 e. The Morgan fingerprint density at radius 1 is 1.10 bits per heavy atom. The van der Waals surface area contributed by atoms with Crippen molar-refractivity contribution in [2.24, 2.45) is 0 Å². The number of anilines is 1. The average molecular weight is 410 g/mol. The van der Waals surface area contributed by atoms with Crippen LogP contribution in [0.1, 0.15) is 67.9 Å². The van der Waals surface area contributed by atoms with Gasteiger partial charge in [-0.3, -0.25) is 4.79 Å². The molecule has 0 aliphatic heterocycles. The van der Waals surface area contributed by atoms with Gasteiger partial charge >= 0.3 is 5.97 Å². The van der Waals surface area contributed by atoms with Crippen LogP contribution in [0.3, 0.4) is 0 Å². The zero-order valence-corrected chi connectivity index (χ0v) is 18.3. The minimum atomic E-state index is -0.538. The Morgan fingerprint density at radius 2 is 1.83 bits per heavy atom. The first-order chi connectivity index (χ1) is 14.4. The van der Waals surface area contributed by atoms with Crippen LogP contribution in [0.15, 0.2) is 42.5 Å². The monoisotopic (exact) mass is 409 g/mol. The number of carbonyl (C=O) groups excluding carboxylic acids is 2. The zero-order chi connectivity index (χ0) is 21.7. The van der Waals surface area contributed by atoms with Gasteiger partial charge in [0, 0.05) is 5.69 Å². The van der Waals surface area contributed by atoms with Crippen molar-refractivity contribution in [2.45, 2.75) is 64.9 Å². The van der Waals surface area contributed by atoms with Crippen LogP contribution in [0.2, 0.25) is 0 Å². The van der Waals surface area contributed by atoms with Crippen molar-refractivity contribution in [3.8, 4) is 5.75 Å². The maximum atomic E-state index is 13.5. The third kappa shape index (κ3) is 4.66. The average Bonchev–Trinajstić information content (AvgIpc) is 3.20. The van der Waals surface area contributed by atoms with Gasteiger partial charge in [0.15, 0.2) is 0 Å². The highest BCUT2D eigenvalue weighted by Gasteiger charge is 2.42. The van der Waals surface area contributed by atoms with Gasteiger partial charge in [-0.25, -0.2) is 4.79 Å². The number of aryl methyl sites for hydroxylation is 1. The third-order valence-corrected chi connectivity index (χ3v) is 5.56. The summed E-state index contributed by atoms with van der Waals surface area (Å²) in [6, 6.07) is 13.3. The molecule has 0 heterocycles. The van der Waals surface area contributed by atoms with Crippen molar-refractivity contribution in [2.75, 3.05) is 11.9 Å². The summed E-state index contributed by atoms with van der Waals surface area (Å²) in [4.78, 5) is 25.9. The topological polar surface area (TPSA) is 64.6 Å². The number of nitrogens with one attached hydrogen (secondary N) is 1. The molecule has 5 nitrogen and oxygen atoms in total. The molecule has 2 aromatic carbocycles. The van der Waals surface area contributed by atoms with E-state index in [4.69, 9.17) is 9.47 Å². The molecule has 30 heavy (non-hydrogen) atoms. The van der Waals surface area contributed by atoms with Gasteiger partial charge in [0.2, 0.25) is 5.91 Å². The van der Waals surface area contributed by atoms with Crippen molar-refractivity contribution < 1.29 is 19.1 Å². The minimum Gasteiger partial charge on any atom is -0.490 e. The Labute approximate surface area is 178 Å². The van der Waals surface area contributed by atoms with Gasteiger partial charge in [-0.05, 0) is 64.3 Å². The van der Waals surface area contributed by atoms with Crippen LogP contribution in [0, 0.1) is 6.92 Å². The first-order valence-electron chi connectivity index (χ1n) is 10.7. The van der Waals surface area contributed by atoms with Crippen molar-refractivity contribution in [1.29, 1.82) is 0 Å². The predicted octanol–water partition coefficient (Wildman–Crippen LogP) is 5.41. The standard InChI is InChI=1S/C25H31NO4/c1-5-29-23(27)21-16-20(11-12-22(21)30-17(2)3)26-24(28)25(13-6-7-14-25)19-10-8-9-18(4)15-19/h8-12,15-17H,5-7,13-14H2,1-4H3,(H,26,28). The molecule has 1 N–H and O–H groups in total. The molecule has 0 radical (unpaired) electrons. The van der Waals surface area contributed by atoms with Gasteiger partial charge in [0.25, 0.3) is 0 Å². The molecule has 0 atom stereocenters. The second kappa shape index (κ2) is 9.33. The second-order valence-electron chi connectivity index (χ2n) is 8.21. The normalized spacial score (nSPS) is 15.1. The maximum absolute atomic E-state index is 13.5. The van der Waals surface area contributed by atoms with Crippen molar-refractivity contribution in [3.05, 3.63) is 59.2 Å². The molecule has 2 aromatic rings. The molecule has 1 amide bonds. The van der Waals surface area contributed by atoms with E-state index in [0.29, 0.717) is 17.0 Å². The Balaban J connectivity index is 1.91. The lowest BCUT2D eigenvalue weighted by Crippen LogP contribution is -2.38. The summed E-state index contributed by atoms with van der Waals surface area (Å²) < 4.78 is 10.9. The molecule has 1 aliphatic rings. The van der Waals surface area contributed by atoms with Gasteiger partial charge < -0.3 is 14.8 Å². The van der Waals surface area contributed by atoms with Gasteiger partial charge in [-0.1, -0.05) is 42.7 Å². The molecule has 0 bridgehead atoms. The SMILES string of the molecule is CCOC(=O)c1cc(NC(=O)C2(c3cccc(C)c3)CCCC2)ccc1OC(C)C. The molecule has 0 unspecified atom stereocenters. The summed E-state index contributed by atoms with van der Waals surface area (Å²) in [6.45, 7) is 7.88. The van der Waals surface area contributed by atoms with Crippen LogP contribution in [-0.4, -0.2) is 24.6 Å². The highest BCUT2D eigenvalue weighted by Crippen LogP contribution is 2.42. The number of ether oxygens (including phenoxy) is 2. The summed E-state index contributed by atoms with van der Waals surface area (Å²) in [5.74, 6) is -0.0350. The Morgan fingerprint density at radius 3 is 2.47 bits per heavy atom. The van der Waals surface area contributed by atoms with E-state index in [1.165, 1.54) is 0 Å². The van der Waals surface area contributed by atoms with E-state index in [9.17, 15) is 9.59 Å². The molecule has 1 aliphatic carbocycles. The molecule has 5 heteroatoms. The largest absolute Gasteiger partial charge is 0.490 e. The number of esters is 1. The molecule has 160 valence electrons. The number of rotatable bonds is 7. The number of amides is 1. The second-order valence-corrected chi connectivity index (χ2v) is 8.21. The first-order valence-corrected chi connectivity index (χ1v) is 10.7. The molecular weight excluding hydrogens is 378 g/mol. The van der Waals surface area contributed by atoms with Gasteiger partial charge in [-0.2, -0.15) is 0 Å². The van der Waals surface area contributed by atoms with E-state index in [2.05, 4.69) is 11.4 Å². The number of benzene rings is 2. The van der Waals surface area contributed by atoms with E-state index >= 15 is 0 Å². The molecular formula is C25H31NO4. The van der Waals surface area contributed by atoms with E-state index in [1.807, 2.05) is 39.0 Å². The fourth-order valence-electron chi connectivity index (χ4n) is 4.15. The molecule has 0 aromatic heterocycles. The number of carbonyl (C=O) groups is 2. The Kier molecular flexibility index (Phi) is 6.80. The summed E-state index contributed by atoms with van der Waals surface area (Å²) in [5.41, 5.74) is 2.55. The van der Waals surface area contributed by atoms with Crippen LogP contribution < -0.4 is 10.1 Å². The van der Waals surface area contributed by atoms with E-state index in [-0.39, 0.29) is 18.6 Å². The first kappa shape index (κ1) is 21.9. The molecule has 0 spiro atoms. The quantitative estimate of drug-likeness (QED) is 0.621. The smallest absolute Gasteiger partial charge is 0.341 e. The lowest BCUT2D eigenvalue weighted by molar-refractivity contribution is -0.121. The van der Waals surface area contributed by atoms with Crippen LogP contribution in [0.5, 0.6) is 5.75 Å². The predicted molar refractivity (Wildman–Crippen MR) is 118 cm³/mol. The van der Waals surface area contributed by atoms with Crippen LogP contribution in [0.4, 0.5) is 5.69 Å². The minimum absolute atomic E-state index is 0.0297. The van der Waals surface area contributed by atoms with Crippen LogP contribution in [-0.2, 0) is 14.9 Å². The Bertz CT molecular complexity index is 913. The fraction of sp³-hybridized carbons (Fsp3) is 0.440. The summed E-state index contributed by atoms with van der Waals surface area (Å²) >= 11 is 0. The Hall–Kier alpha value is -2.82. The highest BCUT2D eigenvalue weighted by atomic mass is 16.5. The summed E-state index contributed by atoms with van der Waals surface area (Å²) in [6.07, 6.45) is 3.61. The number of hydrogen-bond acceptors (Lipinski definition) is 4. The highest BCUT2D eigenvalue weighted by molar-refractivity contribution is 6.01. The van der Waals surface area contributed by atoms with Crippen LogP contribution in [0.25, 0.3) is 0 Å². The summed E-state index contributed by atoms with van der Waals surface area (Å²) in [7, 11) is 0. The van der Waals surface area contributed by atoms with Gasteiger partial charge in [0.05, 0.1) is 18.1 Å². The van der Waals surface area contributed by atoms with Gasteiger partial charge in [-0.15, -0.1) is 0 Å². The zero-order valence-electron chi connectivity index (χ0n) is 18.3. The molecule has 1 saturated carbocycles. The number of hydrogen-bond donors (Lipinski definition) is 1. The van der Waals surface area contributed by atoms with E-state index < -0.39 is 11.4 Å². The van der Waals surface area contributed by atoms with E-state index in [0.717, 1.165) is 36.8 Å². The van der Waals surface area contributed by atoms with Crippen LogP contribution >= 0.6 is 0 Å². The fourth-order valence-corrected chi connectivity index (χ4v) is 4.15. The summed E-state index contributed by atoms with van der Waals surface area (Å²) in [5, 5.41) is 3.06. The molecule has 0 saturated heterocycles. The van der Waals surface area contributed by atoms with Crippen molar-refractivity contribution in [3.63, 3.8) is 0 Å². The lowest BCUT2D eigenvalue weighted by Gasteiger charge is -2.29. The molecule has 1 fully saturated rings. The molecule has 3 rings (SSSR count). The van der Waals surface area contributed by atoms with Gasteiger partial charge in [0.1, 0.15) is 11.3 Å². The third-order valence-electron chi connectivity index (χ3n) is 5.56. The van der Waals surface area contributed by atoms with Crippen molar-refractivity contribution in [1.82, 2.24) is 0 Å². The lowest BCUT2D eigenvalue weighted by atomic mass is 9.77. The van der Waals surface area contributed by atoms with E-state index in [1.54, 1.807) is 25.1 Å². The van der Waals surface area contributed by atoms with Crippen molar-refractivity contribution >= 4 is 17.6 Å².